The van der Waals surface area contributed by atoms with Crippen LogP contribution in [0, 0.1) is 0 Å². The highest BCUT2D eigenvalue weighted by molar-refractivity contribution is 5.82. The van der Waals surface area contributed by atoms with Crippen molar-refractivity contribution in [2.75, 3.05) is 7.11 Å². The van der Waals surface area contributed by atoms with Crippen LogP contribution in [0.4, 0.5) is 13.2 Å². The summed E-state index contributed by atoms with van der Waals surface area (Å²) in [6.07, 6.45) is -4.64. The van der Waals surface area contributed by atoms with Gasteiger partial charge in [-0.2, -0.15) is 13.2 Å². The number of halogens is 3. The van der Waals surface area contributed by atoms with Crippen LogP contribution in [0.25, 0.3) is 0 Å². The Balaban J connectivity index is 2.93. The quantitative estimate of drug-likeness (QED) is 0.853. The summed E-state index contributed by atoms with van der Waals surface area (Å²) in [6.45, 7) is 0. The molecule has 0 aliphatic heterocycles. The molecule has 1 atom stereocenters. The van der Waals surface area contributed by atoms with E-state index in [1.165, 1.54) is 19.2 Å². The molecule has 1 aromatic heterocycles. The SMILES string of the molecule is COc1ccc([C@H](CC(=O)O)NC(=O)C(F)(F)F)cn1. The Bertz CT molecular complexity index is 487. The standard InChI is InChI=1S/C11H11F3N2O4/c1-20-8-3-2-6(5-15-8)7(4-9(17)18)16-10(19)11(12,13)14/h2-3,5,7H,4H2,1H3,(H,16,19)(H,17,18)/t7-/m0/s1. The summed E-state index contributed by atoms with van der Waals surface area (Å²) in [4.78, 5) is 25.3. The lowest BCUT2D eigenvalue weighted by Crippen LogP contribution is -2.39. The molecule has 1 amide bonds. The van der Waals surface area contributed by atoms with Crippen LogP contribution in [-0.2, 0) is 9.59 Å². The summed E-state index contributed by atoms with van der Waals surface area (Å²) in [5.41, 5.74) is 0.130. The van der Waals surface area contributed by atoms with Crippen molar-refractivity contribution in [3.05, 3.63) is 23.9 Å². The summed E-state index contributed by atoms with van der Waals surface area (Å²) in [6, 6.07) is 1.35. The molecule has 0 aromatic carbocycles. The molecule has 0 radical (unpaired) electrons. The summed E-state index contributed by atoms with van der Waals surface area (Å²) in [5, 5.41) is 10.3. The summed E-state index contributed by atoms with van der Waals surface area (Å²) in [5.74, 6) is -3.35. The Labute approximate surface area is 111 Å². The van der Waals surface area contributed by atoms with Crippen LogP contribution in [0.5, 0.6) is 5.88 Å². The topological polar surface area (TPSA) is 88.5 Å². The number of aromatic nitrogens is 1. The van der Waals surface area contributed by atoms with Crippen LogP contribution in [-0.4, -0.2) is 35.3 Å². The predicted molar refractivity (Wildman–Crippen MR) is 60.0 cm³/mol. The number of aliphatic carboxylic acids is 1. The number of carboxylic acids is 1. The molecule has 6 nitrogen and oxygen atoms in total. The molecular formula is C11H11F3N2O4. The zero-order valence-corrected chi connectivity index (χ0v) is 10.3. The van der Waals surface area contributed by atoms with Gasteiger partial charge in [0.2, 0.25) is 5.88 Å². The van der Waals surface area contributed by atoms with E-state index in [0.717, 1.165) is 6.20 Å². The maximum atomic E-state index is 12.2. The van der Waals surface area contributed by atoms with E-state index in [9.17, 15) is 22.8 Å². The largest absolute Gasteiger partial charge is 0.481 e. The van der Waals surface area contributed by atoms with Gasteiger partial charge in [-0.05, 0) is 5.56 Å². The van der Waals surface area contributed by atoms with Crippen molar-refractivity contribution in [2.24, 2.45) is 0 Å². The Morgan fingerprint density at radius 2 is 2.10 bits per heavy atom. The van der Waals surface area contributed by atoms with Crippen molar-refractivity contribution < 1.29 is 32.6 Å². The van der Waals surface area contributed by atoms with E-state index < -0.39 is 30.5 Å². The minimum atomic E-state index is -5.09. The molecule has 2 N–H and O–H groups in total. The van der Waals surface area contributed by atoms with Gasteiger partial charge in [-0.15, -0.1) is 0 Å². The number of pyridine rings is 1. The molecule has 0 bridgehead atoms. The van der Waals surface area contributed by atoms with Gasteiger partial charge in [0.1, 0.15) is 0 Å². The zero-order valence-electron chi connectivity index (χ0n) is 10.3. The van der Waals surface area contributed by atoms with Crippen molar-refractivity contribution in [1.82, 2.24) is 10.3 Å². The number of hydrogen-bond acceptors (Lipinski definition) is 4. The van der Waals surface area contributed by atoms with Crippen molar-refractivity contribution in [3.8, 4) is 5.88 Å². The van der Waals surface area contributed by atoms with Crippen LogP contribution in [0.1, 0.15) is 18.0 Å². The van der Waals surface area contributed by atoms with Crippen LogP contribution in [0.3, 0.4) is 0 Å². The van der Waals surface area contributed by atoms with E-state index in [-0.39, 0.29) is 11.4 Å². The van der Waals surface area contributed by atoms with Gasteiger partial charge >= 0.3 is 18.1 Å². The lowest BCUT2D eigenvalue weighted by Gasteiger charge is -2.18. The van der Waals surface area contributed by atoms with Gasteiger partial charge in [0.05, 0.1) is 19.6 Å². The fourth-order valence-electron chi connectivity index (χ4n) is 1.39. The minimum Gasteiger partial charge on any atom is -0.481 e. The first kappa shape index (κ1) is 15.7. The number of carbonyl (C=O) groups excluding carboxylic acids is 1. The van der Waals surface area contributed by atoms with E-state index in [1.807, 2.05) is 0 Å². The number of alkyl halides is 3. The van der Waals surface area contributed by atoms with Gasteiger partial charge < -0.3 is 15.2 Å². The van der Waals surface area contributed by atoms with Gasteiger partial charge in [-0.25, -0.2) is 4.98 Å². The second-order valence-corrected chi connectivity index (χ2v) is 3.76. The third-order valence-electron chi connectivity index (χ3n) is 2.31. The molecule has 0 saturated carbocycles. The number of amides is 1. The maximum Gasteiger partial charge on any atom is 0.471 e. The number of methoxy groups -OCH3 is 1. The predicted octanol–water partition coefficient (Wildman–Crippen LogP) is 1.28. The molecule has 110 valence electrons. The number of nitrogens with one attached hydrogen (secondary N) is 1. The molecule has 1 aromatic rings. The highest BCUT2D eigenvalue weighted by Crippen LogP contribution is 2.21. The summed E-state index contributed by atoms with van der Waals surface area (Å²) < 4.78 is 41.3. The average molecular weight is 292 g/mol. The third kappa shape index (κ3) is 4.41. The smallest absolute Gasteiger partial charge is 0.471 e. The molecule has 0 spiro atoms. The molecule has 0 saturated heterocycles. The molecule has 20 heavy (non-hydrogen) atoms. The fraction of sp³-hybridized carbons (Fsp3) is 0.364. The lowest BCUT2D eigenvalue weighted by atomic mass is 10.1. The van der Waals surface area contributed by atoms with Crippen molar-refractivity contribution >= 4 is 11.9 Å². The van der Waals surface area contributed by atoms with Gasteiger partial charge in [0, 0.05) is 12.3 Å². The number of ether oxygens (including phenoxy) is 1. The van der Waals surface area contributed by atoms with Crippen LogP contribution in [0.2, 0.25) is 0 Å². The fourth-order valence-corrected chi connectivity index (χ4v) is 1.39. The third-order valence-corrected chi connectivity index (χ3v) is 2.31. The number of carbonyl (C=O) groups is 2. The number of nitrogens with zero attached hydrogens (tertiary/aromatic N) is 1. The summed E-state index contributed by atoms with van der Waals surface area (Å²) >= 11 is 0. The number of rotatable bonds is 5. The molecule has 0 unspecified atom stereocenters. The van der Waals surface area contributed by atoms with Crippen LogP contribution >= 0.6 is 0 Å². The molecule has 0 aliphatic carbocycles. The van der Waals surface area contributed by atoms with Gasteiger partial charge in [0.25, 0.3) is 0 Å². The van der Waals surface area contributed by atoms with Crippen LogP contribution in [0.15, 0.2) is 18.3 Å². The van der Waals surface area contributed by atoms with E-state index in [2.05, 4.69) is 4.98 Å². The normalized spacial score (nSPS) is 12.6. The molecular weight excluding hydrogens is 281 g/mol. The minimum absolute atomic E-state index is 0.130. The van der Waals surface area contributed by atoms with Crippen molar-refractivity contribution in [2.45, 2.75) is 18.6 Å². The Morgan fingerprint density at radius 1 is 1.45 bits per heavy atom. The Hall–Kier alpha value is -2.32. The van der Waals surface area contributed by atoms with Crippen LogP contribution < -0.4 is 10.1 Å². The molecule has 1 rings (SSSR count). The molecule has 0 aliphatic rings. The highest BCUT2D eigenvalue weighted by atomic mass is 19.4. The lowest BCUT2D eigenvalue weighted by molar-refractivity contribution is -0.174. The maximum absolute atomic E-state index is 12.2. The van der Waals surface area contributed by atoms with Gasteiger partial charge in [-0.1, -0.05) is 6.07 Å². The monoisotopic (exact) mass is 292 g/mol. The Morgan fingerprint density at radius 3 is 2.50 bits per heavy atom. The first-order valence-corrected chi connectivity index (χ1v) is 5.33. The van der Waals surface area contributed by atoms with E-state index in [1.54, 1.807) is 5.32 Å². The van der Waals surface area contributed by atoms with E-state index in [0.29, 0.717) is 0 Å². The average Bonchev–Trinajstić information content (AvgIpc) is 2.36. The molecule has 1 heterocycles. The van der Waals surface area contributed by atoms with Crippen molar-refractivity contribution in [1.29, 1.82) is 0 Å². The summed E-state index contributed by atoms with van der Waals surface area (Å²) in [7, 11) is 1.35. The first-order chi connectivity index (χ1) is 9.24. The zero-order chi connectivity index (χ0) is 15.3. The van der Waals surface area contributed by atoms with E-state index >= 15 is 0 Å². The van der Waals surface area contributed by atoms with Gasteiger partial charge in [-0.3, -0.25) is 9.59 Å². The number of carboxylic acid groups (broad SMARTS) is 1. The highest BCUT2D eigenvalue weighted by Gasteiger charge is 2.40. The number of hydrogen-bond donors (Lipinski definition) is 2. The molecule has 9 heteroatoms. The second-order valence-electron chi connectivity index (χ2n) is 3.76. The first-order valence-electron chi connectivity index (χ1n) is 5.33. The second kappa shape index (κ2) is 6.22. The van der Waals surface area contributed by atoms with Crippen molar-refractivity contribution in [3.63, 3.8) is 0 Å². The van der Waals surface area contributed by atoms with Gasteiger partial charge in [0.15, 0.2) is 0 Å². The Kier molecular flexibility index (Phi) is 4.89. The van der Waals surface area contributed by atoms with E-state index in [4.69, 9.17) is 9.84 Å². The molecule has 0 fully saturated rings.